The molecule has 0 aliphatic heterocycles. The summed E-state index contributed by atoms with van der Waals surface area (Å²) in [5.74, 6) is 1.00. The number of pyridine rings is 1. The highest BCUT2D eigenvalue weighted by Gasteiger charge is 2.15. The Kier molecular flexibility index (Phi) is 5.96. The van der Waals surface area contributed by atoms with Crippen LogP contribution in [0.2, 0.25) is 0 Å². The fourth-order valence-electron chi connectivity index (χ4n) is 2.72. The number of nitrogens with zero attached hydrogens (tertiary/aromatic N) is 2. The van der Waals surface area contributed by atoms with Gasteiger partial charge in [-0.2, -0.15) is 0 Å². The number of aryl methyl sites for hydroxylation is 1. The Balaban J connectivity index is 2.25. The Morgan fingerprint density at radius 1 is 1.00 bits per heavy atom. The number of hydrogen-bond donors (Lipinski definition) is 1. The highest BCUT2D eigenvalue weighted by Crippen LogP contribution is 2.25. The maximum absolute atomic E-state index is 10.6. The molecule has 0 spiro atoms. The van der Waals surface area contributed by atoms with Gasteiger partial charge in [-0.15, -0.1) is 0 Å². The third-order valence-corrected chi connectivity index (χ3v) is 3.83. The molecule has 0 aliphatic carbocycles. The van der Waals surface area contributed by atoms with Crippen LogP contribution >= 0.6 is 0 Å². The molecule has 2 rings (SSSR count). The van der Waals surface area contributed by atoms with Gasteiger partial charge in [0.05, 0.1) is 0 Å². The maximum atomic E-state index is 10.6. The molecule has 1 N–H and O–H groups in total. The fourth-order valence-corrected chi connectivity index (χ4v) is 2.72. The lowest BCUT2D eigenvalue weighted by Gasteiger charge is -2.24. The predicted octanol–water partition coefficient (Wildman–Crippen LogP) is 4.10. The Hall–Kier alpha value is -1.87. The minimum Gasteiger partial charge on any atom is -0.384 e. The number of anilines is 1. The van der Waals surface area contributed by atoms with Crippen molar-refractivity contribution >= 4 is 5.82 Å². The molecular formula is C19H26N2O. The molecule has 0 unspecified atom stereocenters. The topological polar surface area (TPSA) is 36.4 Å². The second-order valence-electron chi connectivity index (χ2n) is 5.64. The molecule has 22 heavy (non-hydrogen) atoms. The smallest absolute Gasteiger partial charge is 0.128 e. The first kappa shape index (κ1) is 16.5. The largest absolute Gasteiger partial charge is 0.384 e. The van der Waals surface area contributed by atoms with Crippen LogP contribution in [0.3, 0.4) is 0 Å². The quantitative estimate of drug-likeness (QED) is 0.836. The number of aromatic nitrogens is 1. The Morgan fingerprint density at radius 2 is 1.64 bits per heavy atom. The van der Waals surface area contributed by atoms with Crippen molar-refractivity contribution in [3.05, 3.63) is 59.3 Å². The number of aliphatic hydroxyl groups is 1. The molecule has 3 heteroatoms. The third-order valence-electron chi connectivity index (χ3n) is 3.83. The molecule has 0 bridgehead atoms. The van der Waals surface area contributed by atoms with E-state index in [0.717, 1.165) is 48.6 Å². The molecule has 118 valence electrons. The number of benzene rings is 1. The van der Waals surface area contributed by atoms with Crippen LogP contribution in [0, 0.1) is 6.92 Å². The van der Waals surface area contributed by atoms with E-state index in [1.807, 2.05) is 49.4 Å². The van der Waals surface area contributed by atoms with Crippen LogP contribution in [0.5, 0.6) is 0 Å². The maximum Gasteiger partial charge on any atom is 0.128 e. The summed E-state index contributed by atoms with van der Waals surface area (Å²) in [5.41, 5.74) is 2.67. The van der Waals surface area contributed by atoms with Crippen LogP contribution < -0.4 is 4.90 Å². The van der Waals surface area contributed by atoms with E-state index in [9.17, 15) is 5.11 Å². The summed E-state index contributed by atoms with van der Waals surface area (Å²) in [7, 11) is 0. The van der Waals surface area contributed by atoms with Gasteiger partial charge in [0.15, 0.2) is 0 Å². The van der Waals surface area contributed by atoms with Gasteiger partial charge >= 0.3 is 0 Å². The molecule has 3 nitrogen and oxygen atoms in total. The van der Waals surface area contributed by atoms with Crippen molar-refractivity contribution in [2.75, 3.05) is 18.0 Å². The minimum absolute atomic E-state index is 0.617. The van der Waals surface area contributed by atoms with Crippen LogP contribution in [0.4, 0.5) is 5.82 Å². The summed E-state index contributed by atoms with van der Waals surface area (Å²) in [6.07, 6.45) is 1.60. The molecule has 0 amide bonds. The lowest BCUT2D eigenvalue weighted by atomic mass is 10.0. The second-order valence-corrected chi connectivity index (χ2v) is 5.64. The average Bonchev–Trinajstić information content (AvgIpc) is 2.55. The van der Waals surface area contributed by atoms with Crippen molar-refractivity contribution in [3.63, 3.8) is 0 Å². The van der Waals surface area contributed by atoms with Crippen molar-refractivity contribution in [1.82, 2.24) is 4.98 Å². The van der Waals surface area contributed by atoms with Gasteiger partial charge in [-0.25, -0.2) is 4.98 Å². The summed E-state index contributed by atoms with van der Waals surface area (Å²) in [4.78, 5) is 7.03. The van der Waals surface area contributed by atoms with Gasteiger partial charge in [0.1, 0.15) is 11.9 Å². The van der Waals surface area contributed by atoms with Crippen LogP contribution in [0.1, 0.15) is 49.6 Å². The zero-order valence-corrected chi connectivity index (χ0v) is 13.8. The zero-order valence-electron chi connectivity index (χ0n) is 13.8. The summed E-state index contributed by atoms with van der Waals surface area (Å²) in [6, 6.07) is 13.8. The molecule has 0 saturated heterocycles. The summed E-state index contributed by atoms with van der Waals surface area (Å²) in [5, 5.41) is 10.6. The monoisotopic (exact) mass is 298 g/mol. The van der Waals surface area contributed by atoms with E-state index in [-0.39, 0.29) is 0 Å². The minimum atomic E-state index is -0.617. The SMILES string of the molecule is CCCN(CCC)c1ccc([C@H](O)c2ccccc2)c(C)n1. The first-order valence-electron chi connectivity index (χ1n) is 8.12. The van der Waals surface area contributed by atoms with E-state index in [0.29, 0.717) is 0 Å². The highest BCUT2D eigenvalue weighted by atomic mass is 16.3. The van der Waals surface area contributed by atoms with E-state index in [1.54, 1.807) is 0 Å². The summed E-state index contributed by atoms with van der Waals surface area (Å²) in [6.45, 7) is 8.37. The van der Waals surface area contributed by atoms with Gasteiger partial charge in [0.25, 0.3) is 0 Å². The Morgan fingerprint density at radius 3 is 2.18 bits per heavy atom. The van der Waals surface area contributed by atoms with E-state index >= 15 is 0 Å². The lowest BCUT2D eigenvalue weighted by Crippen LogP contribution is -2.26. The molecule has 1 heterocycles. The number of rotatable bonds is 7. The van der Waals surface area contributed by atoms with Crippen molar-refractivity contribution in [2.24, 2.45) is 0 Å². The molecule has 0 fully saturated rings. The van der Waals surface area contributed by atoms with Crippen molar-refractivity contribution in [1.29, 1.82) is 0 Å². The Labute approximate surface area is 133 Å². The lowest BCUT2D eigenvalue weighted by molar-refractivity contribution is 0.219. The molecule has 1 atom stereocenters. The summed E-state index contributed by atoms with van der Waals surface area (Å²) >= 11 is 0. The molecule has 1 aromatic heterocycles. The van der Waals surface area contributed by atoms with Crippen LogP contribution in [0.25, 0.3) is 0 Å². The fraction of sp³-hybridized carbons (Fsp3) is 0.421. The third kappa shape index (κ3) is 3.86. The molecule has 1 aromatic carbocycles. The van der Waals surface area contributed by atoms with Crippen LogP contribution in [-0.4, -0.2) is 23.2 Å². The van der Waals surface area contributed by atoms with Gasteiger partial charge in [-0.05, 0) is 31.4 Å². The highest BCUT2D eigenvalue weighted by molar-refractivity contribution is 5.43. The van der Waals surface area contributed by atoms with Gasteiger partial charge in [0.2, 0.25) is 0 Å². The molecule has 0 aliphatic rings. The summed E-state index contributed by atoms with van der Waals surface area (Å²) < 4.78 is 0. The molecular weight excluding hydrogens is 272 g/mol. The van der Waals surface area contributed by atoms with Crippen molar-refractivity contribution in [3.8, 4) is 0 Å². The normalized spacial score (nSPS) is 12.2. The van der Waals surface area contributed by atoms with Gasteiger partial charge in [-0.3, -0.25) is 0 Å². The van der Waals surface area contributed by atoms with E-state index in [4.69, 9.17) is 4.98 Å². The van der Waals surface area contributed by atoms with Gasteiger partial charge in [-0.1, -0.05) is 50.2 Å². The molecule has 0 saturated carbocycles. The van der Waals surface area contributed by atoms with Crippen molar-refractivity contribution in [2.45, 2.75) is 39.7 Å². The van der Waals surface area contributed by atoms with Gasteiger partial charge in [0, 0.05) is 24.3 Å². The van der Waals surface area contributed by atoms with Crippen LogP contribution in [0.15, 0.2) is 42.5 Å². The molecule has 0 radical (unpaired) electrons. The zero-order chi connectivity index (χ0) is 15.9. The van der Waals surface area contributed by atoms with E-state index in [2.05, 4.69) is 18.7 Å². The predicted molar refractivity (Wildman–Crippen MR) is 92.3 cm³/mol. The van der Waals surface area contributed by atoms with E-state index < -0.39 is 6.10 Å². The van der Waals surface area contributed by atoms with Crippen LogP contribution in [-0.2, 0) is 0 Å². The first-order chi connectivity index (χ1) is 10.7. The second kappa shape index (κ2) is 7.95. The first-order valence-corrected chi connectivity index (χ1v) is 8.12. The van der Waals surface area contributed by atoms with Gasteiger partial charge < -0.3 is 10.0 Å². The Bertz CT molecular complexity index is 577. The number of aliphatic hydroxyl groups excluding tert-OH is 1. The standard InChI is InChI=1S/C19H26N2O/c1-4-13-21(14-5-2)18-12-11-17(15(3)20-18)19(22)16-9-7-6-8-10-16/h6-12,19,22H,4-5,13-14H2,1-3H3/t19-/m1/s1. The van der Waals surface area contributed by atoms with Crippen molar-refractivity contribution < 1.29 is 5.11 Å². The average molecular weight is 298 g/mol. The number of hydrogen-bond acceptors (Lipinski definition) is 3. The molecule has 2 aromatic rings. The van der Waals surface area contributed by atoms with E-state index in [1.165, 1.54) is 0 Å².